The van der Waals surface area contributed by atoms with E-state index in [2.05, 4.69) is 89.3 Å². The molecule has 1 N–H and O–H groups in total. The predicted octanol–water partition coefficient (Wildman–Crippen LogP) is 5.77. The van der Waals surface area contributed by atoms with Gasteiger partial charge in [0.15, 0.2) is 5.82 Å². The molecule has 156 valence electrons. The lowest BCUT2D eigenvalue weighted by Crippen LogP contribution is -2.24. The van der Waals surface area contributed by atoms with Crippen molar-refractivity contribution in [2.45, 2.75) is 33.2 Å². The van der Waals surface area contributed by atoms with E-state index in [-0.39, 0.29) is 0 Å². The molecule has 0 atom stereocenters. The number of unbranched alkanes of at least 4 members (excludes halogenated alkanes) is 1. The van der Waals surface area contributed by atoms with Crippen LogP contribution in [0.5, 0.6) is 0 Å². The monoisotopic (exact) mass is 400 g/mol. The Balaban J connectivity index is 1.61. The Morgan fingerprint density at radius 3 is 2.43 bits per heavy atom. The highest BCUT2D eigenvalue weighted by atomic mass is 15.1. The van der Waals surface area contributed by atoms with Crippen molar-refractivity contribution in [3.05, 3.63) is 72.4 Å². The molecule has 30 heavy (non-hydrogen) atoms. The number of benzene rings is 2. The third-order valence-corrected chi connectivity index (χ3v) is 5.95. The number of nitrogens with zero attached hydrogens (tertiary/aromatic N) is 3. The van der Waals surface area contributed by atoms with Gasteiger partial charge in [0.2, 0.25) is 0 Å². The van der Waals surface area contributed by atoms with Crippen molar-refractivity contribution in [1.82, 2.24) is 14.5 Å². The fourth-order valence-electron chi connectivity index (χ4n) is 4.27. The molecule has 0 bridgehead atoms. The molecule has 0 aliphatic carbocycles. The summed E-state index contributed by atoms with van der Waals surface area (Å²) in [6.45, 7) is 9.68. The van der Waals surface area contributed by atoms with Gasteiger partial charge >= 0.3 is 0 Å². The van der Waals surface area contributed by atoms with Gasteiger partial charge in [0, 0.05) is 35.6 Å². The number of rotatable bonds is 10. The molecular weight excluding hydrogens is 368 g/mol. The van der Waals surface area contributed by atoms with Gasteiger partial charge in [-0.1, -0.05) is 62.4 Å². The summed E-state index contributed by atoms with van der Waals surface area (Å²) in [5.74, 6) is 0.988. The van der Waals surface area contributed by atoms with Crippen LogP contribution >= 0.6 is 0 Å². The first-order valence-corrected chi connectivity index (χ1v) is 11.2. The maximum Gasteiger partial charge on any atom is 0.150 e. The molecular formula is C26H32N4. The molecule has 0 amide bonds. The number of hydrogen-bond acceptors (Lipinski definition) is 3. The van der Waals surface area contributed by atoms with E-state index in [1.807, 2.05) is 6.20 Å². The first-order chi connectivity index (χ1) is 14.8. The molecule has 2 heterocycles. The molecule has 2 aromatic carbocycles. The average Bonchev–Trinajstić information content (AvgIpc) is 3.11. The third kappa shape index (κ3) is 4.34. The lowest BCUT2D eigenvalue weighted by atomic mass is 10.2. The number of aromatic nitrogens is 2. The van der Waals surface area contributed by atoms with Crippen LogP contribution in [0.15, 0.2) is 66.9 Å². The normalized spacial score (nSPS) is 11.6. The molecule has 0 fully saturated rings. The molecule has 0 radical (unpaired) electrons. The standard InChI is InChI=1S/C26H32N4/c1-3-29(4-2)19-11-10-17-27-26-25-23(16-18-28-26)22-14-8-9-15-24(22)30(25)20-21-12-6-5-7-13-21/h5-9,12-16,18H,3-4,10-11,17,19-20H2,1-2H3,(H,27,28). The summed E-state index contributed by atoms with van der Waals surface area (Å²) in [5, 5.41) is 6.19. The van der Waals surface area contributed by atoms with Crippen molar-refractivity contribution >= 4 is 27.6 Å². The zero-order valence-corrected chi connectivity index (χ0v) is 18.1. The van der Waals surface area contributed by atoms with Crippen molar-refractivity contribution < 1.29 is 0 Å². The summed E-state index contributed by atoms with van der Waals surface area (Å²) in [7, 11) is 0. The Hall–Kier alpha value is -2.85. The Bertz CT molecular complexity index is 1080. The van der Waals surface area contributed by atoms with Crippen LogP contribution in [0.2, 0.25) is 0 Å². The molecule has 4 nitrogen and oxygen atoms in total. The van der Waals surface area contributed by atoms with E-state index in [0.29, 0.717) is 0 Å². The maximum atomic E-state index is 4.73. The number of hydrogen-bond donors (Lipinski definition) is 1. The van der Waals surface area contributed by atoms with Crippen molar-refractivity contribution in [3.63, 3.8) is 0 Å². The van der Waals surface area contributed by atoms with Crippen LogP contribution in [0.1, 0.15) is 32.3 Å². The second kappa shape index (κ2) is 9.77. The summed E-state index contributed by atoms with van der Waals surface area (Å²) in [6, 6.07) is 21.5. The van der Waals surface area contributed by atoms with Crippen LogP contribution < -0.4 is 5.32 Å². The highest BCUT2D eigenvalue weighted by Crippen LogP contribution is 2.33. The summed E-state index contributed by atoms with van der Waals surface area (Å²) >= 11 is 0. The van der Waals surface area contributed by atoms with Gasteiger partial charge in [-0.05, 0) is 50.2 Å². The van der Waals surface area contributed by atoms with Crippen molar-refractivity contribution in [3.8, 4) is 0 Å². The minimum absolute atomic E-state index is 0.840. The highest BCUT2D eigenvalue weighted by Gasteiger charge is 2.14. The molecule has 4 heteroatoms. The van der Waals surface area contributed by atoms with E-state index < -0.39 is 0 Å². The van der Waals surface area contributed by atoms with E-state index in [9.17, 15) is 0 Å². The molecule has 0 saturated heterocycles. The topological polar surface area (TPSA) is 33.1 Å². The molecule has 0 unspecified atom stereocenters. The van der Waals surface area contributed by atoms with E-state index >= 15 is 0 Å². The van der Waals surface area contributed by atoms with Crippen LogP contribution in [0.25, 0.3) is 21.8 Å². The second-order valence-electron chi connectivity index (χ2n) is 7.81. The van der Waals surface area contributed by atoms with Gasteiger partial charge < -0.3 is 14.8 Å². The van der Waals surface area contributed by atoms with Gasteiger partial charge in [-0.3, -0.25) is 0 Å². The number of anilines is 1. The quantitative estimate of drug-likeness (QED) is 0.343. The summed E-state index contributed by atoms with van der Waals surface area (Å²) in [5.41, 5.74) is 3.76. The molecule has 2 aromatic heterocycles. The summed E-state index contributed by atoms with van der Waals surface area (Å²) in [6.07, 6.45) is 4.28. The highest BCUT2D eigenvalue weighted by molar-refractivity contribution is 6.11. The predicted molar refractivity (Wildman–Crippen MR) is 128 cm³/mol. The smallest absolute Gasteiger partial charge is 0.150 e. The number of fused-ring (bicyclic) bond motifs is 3. The number of pyridine rings is 1. The van der Waals surface area contributed by atoms with E-state index in [0.717, 1.165) is 38.4 Å². The van der Waals surface area contributed by atoms with E-state index in [1.54, 1.807) is 0 Å². The van der Waals surface area contributed by atoms with Gasteiger partial charge in [0.25, 0.3) is 0 Å². The summed E-state index contributed by atoms with van der Waals surface area (Å²) < 4.78 is 2.41. The van der Waals surface area contributed by atoms with E-state index in [4.69, 9.17) is 4.98 Å². The maximum absolute atomic E-state index is 4.73. The minimum atomic E-state index is 0.840. The zero-order valence-electron chi connectivity index (χ0n) is 18.1. The SMILES string of the molecule is CCN(CC)CCCCNc1nccc2c3ccccc3n(Cc3ccccc3)c12. The fourth-order valence-corrected chi connectivity index (χ4v) is 4.27. The van der Waals surface area contributed by atoms with Crippen LogP contribution in [-0.2, 0) is 6.54 Å². The molecule has 4 aromatic rings. The van der Waals surface area contributed by atoms with Crippen LogP contribution in [-0.4, -0.2) is 40.6 Å². The van der Waals surface area contributed by atoms with Crippen molar-refractivity contribution in [2.75, 3.05) is 31.5 Å². The number of nitrogens with one attached hydrogen (secondary N) is 1. The first-order valence-electron chi connectivity index (χ1n) is 11.2. The van der Waals surface area contributed by atoms with Crippen LogP contribution in [0, 0.1) is 0 Å². The second-order valence-corrected chi connectivity index (χ2v) is 7.81. The molecule has 0 aliphatic heterocycles. The van der Waals surface area contributed by atoms with Crippen molar-refractivity contribution in [2.24, 2.45) is 0 Å². The fraction of sp³-hybridized carbons (Fsp3) is 0.346. The van der Waals surface area contributed by atoms with Gasteiger partial charge in [-0.25, -0.2) is 4.98 Å². The largest absolute Gasteiger partial charge is 0.368 e. The minimum Gasteiger partial charge on any atom is -0.368 e. The average molecular weight is 401 g/mol. The van der Waals surface area contributed by atoms with Gasteiger partial charge in [-0.15, -0.1) is 0 Å². The van der Waals surface area contributed by atoms with Crippen LogP contribution in [0.3, 0.4) is 0 Å². The van der Waals surface area contributed by atoms with E-state index in [1.165, 1.54) is 40.3 Å². The third-order valence-electron chi connectivity index (χ3n) is 5.95. The van der Waals surface area contributed by atoms with Crippen LogP contribution in [0.4, 0.5) is 5.82 Å². The lowest BCUT2D eigenvalue weighted by Gasteiger charge is -2.17. The molecule has 0 spiro atoms. The molecule has 0 saturated carbocycles. The lowest BCUT2D eigenvalue weighted by molar-refractivity contribution is 0.298. The van der Waals surface area contributed by atoms with Gasteiger partial charge in [0.1, 0.15) is 0 Å². The van der Waals surface area contributed by atoms with Gasteiger partial charge in [0.05, 0.1) is 5.52 Å². The molecule has 4 rings (SSSR count). The summed E-state index contributed by atoms with van der Waals surface area (Å²) in [4.78, 5) is 7.21. The Labute approximate surface area is 179 Å². The Kier molecular flexibility index (Phi) is 6.65. The first kappa shape index (κ1) is 20.4. The Morgan fingerprint density at radius 2 is 1.63 bits per heavy atom. The zero-order chi connectivity index (χ0) is 20.8. The number of para-hydroxylation sites is 1. The molecule has 0 aliphatic rings. The van der Waals surface area contributed by atoms with Gasteiger partial charge in [-0.2, -0.15) is 0 Å². The van der Waals surface area contributed by atoms with Crippen molar-refractivity contribution in [1.29, 1.82) is 0 Å². The Morgan fingerprint density at radius 1 is 0.867 bits per heavy atom.